The number of guanidine groups is 1. The van der Waals surface area contributed by atoms with Crippen molar-refractivity contribution in [1.82, 2.24) is 10.6 Å². The summed E-state index contributed by atoms with van der Waals surface area (Å²) in [5, 5.41) is 6.83. The van der Waals surface area contributed by atoms with Crippen LogP contribution in [0.3, 0.4) is 0 Å². The molecule has 3 rings (SSSR count). The fourth-order valence-corrected chi connectivity index (χ4v) is 2.62. The van der Waals surface area contributed by atoms with Crippen molar-refractivity contribution in [3.05, 3.63) is 35.9 Å². The second-order valence-corrected chi connectivity index (χ2v) is 6.17. The Balaban J connectivity index is 1.61. The van der Waals surface area contributed by atoms with E-state index in [4.69, 9.17) is 4.99 Å². The van der Waals surface area contributed by atoms with Crippen LogP contribution in [0.15, 0.2) is 35.3 Å². The van der Waals surface area contributed by atoms with Gasteiger partial charge in [0, 0.05) is 18.5 Å². The minimum Gasteiger partial charge on any atom is -0.357 e. The number of hydrogen-bond acceptors (Lipinski definition) is 1. The number of aliphatic imine (C=N–C) groups is 1. The summed E-state index contributed by atoms with van der Waals surface area (Å²) in [6.07, 6.45) is 5.28. The molecule has 2 aliphatic carbocycles. The fourth-order valence-electron chi connectivity index (χ4n) is 2.62. The molecular formula is C17H25N3. The Hall–Kier alpha value is -1.51. The van der Waals surface area contributed by atoms with Crippen molar-refractivity contribution in [3.8, 4) is 0 Å². The number of rotatable bonds is 6. The quantitative estimate of drug-likeness (QED) is 0.616. The van der Waals surface area contributed by atoms with Crippen molar-refractivity contribution in [2.75, 3.05) is 19.6 Å². The van der Waals surface area contributed by atoms with Crippen LogP contribution in [0.5, 0.6) is 0 Å². The highest BCUT2D eigenvalue weighted by atomic mass is 15.2. The van der Waals surface area contributed by atoms with Gasteiger partial charge in [-0.15, -0.1) is 0 Å². The van der Waals surface area contributed by atoms with Gasteiger partial charge in [0.25, 0.3) is 0 Å². The first-order valence-corrected chi connectivity index (χ1v) is 7.90. The smallest absolute Gasteiger partial charge is 0.191 e. The normalized spacial score (nSPS) is 20.6. The van der Waals surface area contributed by atoms with Crippen LogP contribution >= 0.6 is 0 Å². The molecule has 0 aromatic heterocycles. The lowest BCUT2D eigenvalue weighted by Crippen LogP contribution is -2.39. The van der Waals surface area contributed by atoms with Gasteiger partial charge >= 0.3 is 0 Å². The van der Waals surface area contributed by atoms with Crippen molar-refractivity contribution < 1.29 is 0 Å². The van der Waals surface area contributed by atoms with Crippen LogP contribution in [0.1, 0.15) is 38.2 Å². The van der Waals surface area contributed by atoms with E-state index in [9.17, 15) is 0 Å². The molecule has 0 atom stereocenters. The first kappa shape index (κ1) is 13.5. The lowest BCUT2D eigenvalue weighted by atomic mass is 9.96. The Morgan fingerprint density at radius 2 is 1.95 bits per heavy atom. The van der Waals surface area contributed by atoms with Gasteiger partial charge in [-0.25, -0.2) is 0 Å². The Morgan fingerprint density at radius 1 is 1.20 bits per heavy atom. The SMILES string of the molecule is CCNC(=NCC1(c2ccccc2)CC1)NCC1CC1. The second-order valence-electron chi connectivity index (χ2n) is 6.17. The Morgan fingerprint density at radius 3 is 2.55 bits per heavy atom. The Kier molecular flexibility index (Phi) is 3.95. The van der Waals surface area contributed by atoms with Crippen molar-refractivity contribution in [2.24, 2.45) is 10.9 Å². The summed E-state index contributed by atoms with van der Waals surface area (Å²) in [5.74, 6) is 1.87. The molecule has 1 aromatic rings. The van der Waals surface area contributed by atoms with E-state index in [1.54, 1.807) is 0 Å². The average molecular weight is 271 g/mol. The molecule has 0 saturated heterocycles. The van der Waals surface area contributed by atoms with Gasteiger partial charge in [0.2, 0.25) is 0 Å². The van der Waals surface area contributed by atoms with Crippen molar-refractivity contribution in [2.45, 2.75) is 38.0 Å². The minimum atomic E-state index is 0.309. The van der Waals surface area contributed by atoms with E-state index in [1.165, 1.54) is 31.2 Å². The molecule has 20 heavy (non-hydrogen) atoms. The lowest BCUT2D eigenvalue weighted by molar-refractivity contribution is 0.685. The lowest BCUT2D eigenvalue weighted by Gasteiger charge is -2.15. The molecule has 0 aliphatic heterocycles. The first-order chi connectivity index (χ1) is 9.82. The summed E-state index contributed by atoms with van der Waals surface area (Å²) in [6, 6.07) is 10.8. The van der Waals surface area contributed by atoms with Crippen LogP contribution < -0.4 is 10.6 Å². The molecule has 2 aliphatic rings. The summed E-state index contributed by atoms with van der Waals surface area (Å²) >= 11 is 0. The van der Waals surface area contributed by atoms with Crippen molar-refractivity contribution in [1.29, 1.82) is 0 Å². The fraction of sp³-hybridized carbons (Fsp3) is 0.588. The van der Waals surface area contributed by atoms with Gasteiger partial charge in [-0.1, -0.05) is 30.3 Å². The van der Waals surface area contributed by atoms with Gasteiger partial charge in [-0.05, 0) is 44.1 Å². The first-order valence-electron chi connectivity index (χ1n) is 7.90. The molecule has 0 spiro atoms. The zero-order valence-electron chi connectivity index (χ0n) is 12.4. The monoisotopic (exact) mass is 271 g/mol. The maximum absolute atomic E-state index is 4.82. The largest absolute Gasteiger partial charge is 0.357 e. The standard InChI is InChI=1S/C17H25N3/c1-2-18-16(19-12-14-8-9-14)20-13-17(10-11-17)15-6-4-3-5-7-15/h3-7,14H,2,8-13H2,1H3,(H2,18,19,20). The van der Waals surface area contributed by atoms with Crippen molar-refractivity contribution in [3.63, 3.8) is 0 Å². The molecule has 2 N–H and O–H groups in total. The van der Waals surface area contributed by atoms with E-state index in [1.807, 2.05) is 0 Å². The number of nitrogens with one attached hydrogen (secondary N) is 2. The number of benzene rings is 1. The Bertz CT molecular complexity index is 458. The highest BCUT2D eigenvalue weighted by Crippen LogP contribution is 2.48. The minimum absolute atomic E-state index is 0.309. The molecular weight excluding hydrogens is 246 g/mol. The second kappa shape index (κ2) is 5.86. The molecule has 2 saturated carbocycles. The molecule has 108 valence electrons. The van der Waals surface area contributed by atoms with E-state index in [0.29, 0.717) is 5.41 Å². The maximum Gasteiger partial charge on any atom is 0.191 e. The summed E-state index contributed by atoms with van der Waals surface area (Å²) in [4.78, 5) is 4.82. The average Bonchev–Trinajstić information content (AvgIpc) is 3.38. The van der Waals surface area contributed by atoms with Gasteiger partial charge < -0.3 is 10.6 Å². The van der Waals surface area contributed by atoms with Gasteiger partial charge in [0.1, 0.15) is 0 Å². The molecule has 1 aromatic carbocycles. The molecule has 0 radical (unpaired) electrons. The molecule has 0 heterocycles. The molecule has 3 nitrogen and oxygen atoms in total. The third kappa shape index (κ3) is 3.33. The van der Waals surface area contributed by atoms with E-state index in [-0.39, 0.29) is 0 Å². The van der Waals surface area contributed by atoms with E-state index in [2.05, 4.69) is 47.9 Å². The number of nitrogens with zero attached hydrogens (tertiary/aromatic N) is 1. The van der Waals surface area contributed by atoms with Crippen LogP contribution in [0, 0.1) is 5.92 Å². The van der Waals surface area contributed by atoms with Gasteiger partial charge in [0.15, 0.2) is 5.96 Å². The highest BCUT2D eigenvalue weighted by Gasteiger charge is 2.43. The van der Waals surface area contributed by atoms with Crippen LogP contribution in [-0.2, 0) is 5.41 Å². The number of hydrogen-bond donors (Lipinski definition) is 2. The highest BCUT2D eigenvalue weighted by molar-refractivity contribution is 5.79. The van der Waals surface area contributed by atoms with Gasteiger partial charge in [-0.2, -0.15) is 0 Å². The third-order valence-corrected chi connectivity index (χ3v) is 4.38. The van der Waals surface area contributed by atoms with Crippen LogP contribution in [0.4, 0.5) is 0 Å². The van der Waals surface area contributed by atoms with E-state index in [0.717, 1.165) is 31.5 Å². The van der Waals surface area contributed by atoms with Gasteiger partial charge in [-0.3, -0.25) is 4.99 Å². The Labute approximate surface area is 121 Å². The van der Waals surface area contributed by atoms with Crippen LogP contribution in [0.25, 0.3) is 0 Å². The molecule has 2 fully saturated rings. The zero-order chi connectivity index (χ0) is 13.8. The molecule has 0 amide bonds. The summed E-state index contributed by atoms with van der Waals surface area (Å²) in [6.45, 7) is 5.02. The molecule has 3 heteroatoms. The topological polar surface area (TPSA) is 36.4 Å². The summed E-state index contributed by atoms with van der Waals surface area (Å²) in [7, 11) is 0. The molecule has 0 bridgehead atoms. The van der Waals surface area contributed by atoms with Gasteiger partial charge in [0.05, 0.1) is 6.54 Å². The predicted octanol–water partition coefficient (Wildman–Crippen LogP) is 2.68. The van der Waals surface area contributed by atoms with Crippen LogP contribution in [0.2, 0.25) is 0 Å². The summed E-state index contributed by atoms with van der Waals surface area (Å²) < 4.78 is 0. The van der Waals surface area contributed by atoms with Crippen molar-refractivity contribution >= 4 is 5.96 Å². The van der Waals surface area contributed by atoms with Crippen LogP contribution in [-0.4, -0.2) is 25.6 Å². The summed E-state index contributed by atoms with van der Waals surface area (Å²) in [5.41, 5.74) is 1.75. The predicted molar refractivity (Wildman–Crippen MR) is 84.1 cm³/mol. The maximum atomic E-state index is 4.82. The van der Waals surface area contributed by atoms with E-state index >= 15 is 0 Å². The van der Waals surface area contributed by atoms with E-state index < -0.39 is 0 Å². The molecule has 0 unspecified atom stereocenters. The third-order valence-electron chi connectivity index (χ3n) is 4.38. The zero-order valence-corrected chi connectivity index (χ0v) is 12.4.